The summed E-state index contributed by atoms with van der Waals surface area (Å²) in [5, 5.41) is 9.20. The third-order valence-electron chi connectivity index (χ3n) is 5.00. The molecule has 1 aromatic heterocycles. The van der Waals surface area contributed by atoms with E-state index in [0.29, 0.717) is 42.6 Å². The molecule has 1 aromatic carbocycles. The topological polar surface area (TPSA) is 97.5 Å². The van der Waals surface area contributed by atoms with E-state index in [1.807, 2.05) is 7.05 Å². The average Bonchev–Trinajstić information content (AvgIpc) is 3.36. The van der Waals surface area contributed by atoms with Crippen LogP contribution in [0.1, 0.15) is 22.8 Å². The Labute approximate surface area is 162 Å². The average molecular weight is 389 g/mol. The van der Waals surface area contributed by atoms with Crippen molar-refractivity contribution >= 4 is 5.91 Å². The number of benzene rings is 1. The van der Waals surface area contributed by atoms with E-state index in [1.165, 1.54) is 6.26 Å². The number of aromatic nitrogens is 1. The lowest BCUT2D eigenvalue weighted by atomic mass is 10.1. The fraction of sp³-hybridized carbons (Fsp3) is 0.474. The number of amides is 1. The maximum Gasteiger partial charge on any atom is 0.275 e. The number of carbonyl (C=O) groups excluding carboxylic acids is 1. The van der Waals surface area contributed by atoms with E-state index in [4.69, 9.17) is 18.6 Å². The number of oxazole rings is 1. The first-order valence-electron chi connectivity index (χ1n) is 9.21. The van der Waals surface area contributed by atoms with Crippen molar-refractivity contribution in [1.82, 2.24) is 14.8 Å². The van der Waals surface area contributed by atoms with Gasteiger partial charge in [0.1, 0.15) is 12.0 Å². The van der Waals surface area contributed by atoms with Crippen LogP contribution in [-0.4, -0.2) is 71.9 Å². The summed E-state index contributed by atoms with van der Waals surface area (Å²) in [6.07, 6.45) is 1.99. The van der Waals surface area contributed by atoms with Gasteiger partial charge in [0.25, 0.3) is 5.91 Å². The largest absolute Gasteiger partial charge is 0.484 e. The van der Waals surface area contributed by atoms with Gasteiger partial charge >= 0.3 is 0 Å². The zero-order chi connectivity index (χ0) is 19.5. The number of carbonyl (C=O) groups is 1. The van der Waals surface area contributed by atoms with E-state index >= 15 is 0 Å². The van der Waals surface area contributed by atoms with Gasteiger partial charge in [-0.25, -0.2) is 4.98 Å². The molecule has 1 saturated heterocycles. The Bertz CT molecular complexity index is 839. The monoisotopic (exact) mass is 389 g/mol. The van der Waals surface area contributed by atoms with Crippen molar-refractivity contribution in [2.45, 2.75) is 19.1 Å². The smallest absolute Gasteiger partial charge is 0.275 e. The van der Waals surface area contributed by atoms with Crippen molar-refractivity contribution in [1.29, 1.82) is 0 Å². The Morgan fingerprint density at radius 3 is 3.04 bits per heavy atom. The second-order valence-electron chi connectivity index (χ2n) is 6.83. The molecule has 1 N–H and O–H groups in total. The van der Waals surface area contributed by atoms with E-state index in [0.717, 1.165) is 6.54 Å². The number of aliphatic hydroxyl groups is 1. The molecule has 150 valence electrons. The second-order valence-corrected chi connectivity index (χ2v) is 6.83. The molecule has 9 heteroatoms. The molecule has 2 aliphatic rings. The zero-order valence-corrected chi connectivity index (χ0v) is 15.7. The fourth-order valence-corrected chi connectivity index (χ4v) is 3.34. The van der Waals surface area contributed by atoms with Crippen molar-refractivity contribution in [3.05, 3.63) is 36.0 Å². The molecule has 0 bridgehead atoms. The van der Waals surface area contributed by atoms with Gasteiger partial charge in [0.2, 0.25) is 12.7 Å². The molecule has 28 heavy (non-hydrogen) atoms. The lowest BCUT2D eigenvalue weighted by molar-refractivity contribution is 0.0495. The van der Waals surface area contributed by atoms with Crippen molar-refractivity contribution in [3.63, 3.8) is 0 Å². The van der Waals surface area contributed by atoms with Crippen LogP contribution in [0.15, 0.2) is 28.9 Å². The van der Waals surface area contributed by atoms with Crippen molar-refractivity contribution in [2.24, 2.45) is 0 Å². The van der Waals surface area contributed by atoms with Crippen LogP contribution in [0.25, 0.3) is 0 Å². The second kappa shape index (κ2) is 8.07. The minimum atomic E-state index is -0.172. The maximum atomic E-state index is 12.7. The molecule has 4 rings (SSSR count). The molecular formula is C19H23N3O6. The molecule has 0 radical (unpaired) electrons. The Morgan fingerprint density at radius 1 is 1.32 bits per heavy atom. The van der Waals surface area contributed by atoms with Crippen LogP contribution < -0.4 is 14.2 Å². The molecule has 0 unspecified atom stereocenters. The predicted molar refractivity (Wildman–Crippen MR) is 97.4 cm³/mol. The molecule has 2 aromatic rings. The summed E-state index contributed by atoms with van der Waals surface area (Å²) in [6.45, 7) is 2.34. The summed E-state index contributed by atoms with van der Waals surface area (Å²) in [5.41, 5.74) is 0.261. The SMILES string of the molecule is CN1CCN(C(=O)c2coc(COc3ccc4c(c3)OCO4)n2)C[C@@H]1CCO. The Hall–Kier alpha value is -2.78. The highest BCUT2D eigenvalue weighted by Gasteiger charge is 2.29. The number of hydrogen-bond donors (Lipinski definition) is 1. The summed E-state index contributed by atoms with van der Waals surface area (Å²) < 4.78 is 21.6. The molecule has 1 fully saturated rings. The van der Waals surface area contributed by atoms with E-state index < -0.39 is 0 Å². The predicted octanol–water partition coefficient (Wildman–Crippen LogP) is 1.12. The summed E-state index contributed by atoms with van der Waals surface area (Å²) in [7, 11) is 2.00. The number of nitrogens with zero attached hydrogens (tertiary/aromatic N) is 3. The first kappa shape index (κ1) is 18.6. The minimum absolute atomic E-state index is 0.0995. The standard InChI is InChI=1S/C19H23N3O6/c1-21-5-6-22(9-13(21)4-7-23)19(24)15-10-26-18(20-15)11-25-14-2-3-16-17(8-14)28-12-27-16/h2-3,8,10,13,23H,4-7,9,11-12H2,1H3/t13-/m0/s1. The molecule has 3 heterocycles. The third-order valence-corrected chi connectivity index (χ3v) is 5.00. The van der Waals surface area contributed by atoms with Gasteiger partial charge in [-0.1, -0.05) is 0 Å². The van der Waals surface area contributed by atoms with Crippen LogP contribution in [0.3, 0.4) is 0 Å². The van der Waals surface area contributed by atoms with E-state index in [9.17, 15) is 9.90 Å². The summed E-state index contributed by atoms with van der Waals surface area (Å²) >= 11 is 0. The van der Waals surface area contributed by atoms with Gasteiger partial charge in [0, 0.05) is 38.3 Å². The van der Waals surface area contributed by atoms with E-state index in [2.05, 4.69) is 9.88 Å². The van der Waals surface area contributed by atoms with Crippen LogP contribution in [0, 0.1) is 0 Å². The fourth-order valence-electron chi connectivity index (χ4n) is 3.34. The summed E-state index contributed by atoms with van der Waals surface area (Å²) in [6, 6.07) is 5.43. The third kappa shape index (κ3) is 3.90. The number of aliphatic hydroxyl groups excluding tert-OH is 1. The van der Waals surface area contributed by atoms with E-state index in [1.54, 1.807) is 23.1 Å². The highest BCUT2D eigenvalue weighted by molar-refractivity contribution is 5.92. The molecule has 2 aliphatic heterocycles. The normalized spacial score (nSPS) is 19.1. The van der Waals surface area contributed by atoms with Gasteiger partial charge in [-0.2, -0.15) is 0 Å². The van der Waals surface area contributed by atoms with Gasteiger partial charge < -0.3 is 28.6 Å². The lowest BCUT2D eigenvalue weighted by Gasteiger charge is -2.39. The molecule has 1 amide bonds. The summed E-state index contributed by atoms with van der Waals surface area (Å²) in [4.78, 5) is 20.9. The Balaban J connectivity index is 1.35. The van der Waals surface area contributed by atoms with Crippen molar-refractivity contribution < 1.29 is 28.5 Å². The van der Waals surface area contributed by atoms with Crippen LogP contribution in [0.4, 0.5) is 0 Å². The van der Waals surface area contributed by atoms with Gasteiger partial charge in [-0.15, -0.1) is 0 Å². The number of ether oxygens (including phenoxy) is 3. The Kier molecular flexibility index (Phi) is 5.36. The quantitative estimate of drug-likeness (QED) is 0.785. The van der Waals surface area contributed by atoms with Gasteiger partial charge in [0.05, 0.1) is 0 Å². The molecule has 0 saturated carbocycles. The molecule has 1 atom stereocenters. The molecular weight excluding hydrogens is 366 g/mol. The molecule has 0 spiro atoms. The lowest BCUT2D eigenvalue weighted by Crippen LogP contribution is -2.53. The van der Waals surface area contributed by atoms with Gasteiger partial charge in [-0.3, -0.25) is 9.69 Å². The maximum absolute atomic E-state index is 12.7. The Morgan fingerprint density at radius 2 is 2.18 bits per heavy atom. The molecule has 0 aliphatic carbocycles. The number of fused-ring (bicyclic) bond motifs is 1. The zero-order valence-electron chi connectivity index (χ0n) is 15.7. The van der Waals surface area contributed by atoms with E-state index in [-0.39, 0.29) is 37.6 Å². The highest BCUT2D eigenvalue weighted by Crippen LogP contribution is 2.35. The van der Waals surface area contributed by atoms with Crippen LogP contribution in [0.2, 0.25) is 0 Å². The van der Waals surface area contributed by atoms with Crippen LogP contribution >= 0.6 is 0 Å². The number of rotatable bonds is 6. The highest BCUT2D eigenvalue weighted by atomic mass is 16.7. The minimum Gasteiger partial charge on any atom is -0.484 e. The number of likely N-dealkylation sites (N-methyl/N-ethyl adjacent to an activating group) is 1. The summed E-state index contributed by atoms with van der Waals surface area (Å²) in [5.74, 6) is 2.06. The van der Waals surface area contributed by atoms with Crippen LogP contribution in [-0.2, 0) is 6.61 Å². The first-order chi connectivity index (χ1) is 13.6. The number of hydrogen-bond acceptors (Lipinski definition) is 8. The van der Waals surface area contributed by atoms with Crippen LogP contribution in [0.5, 0.6) is 17.2 Å². The van der Waals surface area contributed by atoms with Gasteiger partial charge in [-0.05, 0) is 25.6 Å². The van der Waals surface area contributed by atoms with Crippen molar-refractivity contribution in [3.8, 4) is 17.2 Å². The van der Waals surface area contributed by atoms with Crippen molar-refractivity contribution in [2.75, 3.05) is 40.1 Å². The first-order valence-corrected chi connectivity index (χ1v) is 9.21. The molecule has 9 nitrogen and oxygen atoms in total. The number of piperazine rings is 1. The van der Waals surface area contributed by atoms with Gasteiger partial charge in [0.15, 0.2) is 23.8 Å².